The van der Waals surface area contributed by atoms with Gasteiger partial charge in [-0.05, 0) is 74.2 Å². The minimum Gasteiger partial charge on any atom is -0.351 e. The Balaban J connectivity index is 1.36. The quantitative estimate of drug-likeness (QED) is 0.666. The Labute approximate surface area is 203 Å². The van der Waals surface area contributed by atoms with Crippen LogP contribution in [-0.4, -0.2) is 47.8 Å². The number of nitrogens with one attached hydrogen (secondary N) is 2. The zero-order chi connectivity index (χ0) is 24.1. The molecule has 3 amide bonds. The van der Waals surface area contributed by atoms with Gasteiger partial charge in [-0.25, -0.2) is 4.39 Å². The van der Waals surface area contributed by atoms with Crippen LogP contribution in [0.4, 0.5) is 4.39 Å². The fourth-order valence-electron chi connectivity index (χ4n) is 4.78. The lowest BCUT2D eigenvalue weighted by molar-refractivity contribution is -0.127. The van der Waals surface area contributed by atoms with Crippen LogP contribution in [0.25, 0.3) is 0 Å². The van der Waals surface area contributed by atoms with Crippen LogP contribution in [0.15, 0.2) is 48.5 Å². The van der Waals surface area contributed by atoms with E-state index in [1.807, 2.05) is 0 Å². The van der Waals surface area contributed by atoms with E-state index in [1.165, 1.54) is 24.3 Å². The van der Waals surface area contributed by atoms with Gasteiger partial charge in [0.25, 0.3) is 11.8 Å². The predicted octanol–water partition coefficient (Wildman–Crippen LogP) is 4.19. The standard InChI is InChI=1S/C26H29ClFN3O3/c27-20-11-7-18(8-12-20)26(34)31-15-3-4-19(16-31)25(33)30-23-6-2-1-5-22(23)29-24(32)17-9-13-21(28)14-10-17/h7-14,19,22-23H,1-6,15-16H2,(H,29,32)(H,30,33)/t19?,22-,23-/m1/s1. The van der Waals surface area contributed by atoms with E-state index in [9.17, 15) is 18.8 Å². The molecule has 3 atom stereocenters. The van der Waals surface area contributed by atoms with Gasteiger partial charge >= 0.3 is 0 Å². The fraction of sp³-hybridized carbons (Fsp3) is 0.423. The summed E-state index contributed by atoms with van der Waals surface area (Å²) in [5.74, 6) is -1.14. The van der Waals surface area contributed by atoms with Crippen LogP contribution in [0.1, 0.15) is 59.2 Å². The summed E-state index contributed by atoms with van der Waals surface area (Å²) in [7, 11) is 0. The molecule has 1 aliphatic heterocycles. The number of carbonyl (C=O) groups is 3. The first-order valence-electron chi connectivity index (χ1n) is 11.8. The number of amides is 3. The molecule has 34 heavy (non-hydrogen) atoms. The molecule has 1 heterocycles. The molecule has 1 aliphatic carbocycles. The van der Waals surface area contributed by atoms with E-state index in [0.717, 1.165) is 38.5 Å². The average Bonchev–Trinajstić information content (AvgIpc) is 2.85. The molecule has 6 nitrogen and oxygen atoms in total. The number of piperidine rings is 1. The maximum Gasteiger partial charge on any atom is 0.253 e. The van der Waals surface area contributed by atoms with Gasteiger partial charge in [-0.3, -0.25) is 14.4 Å². The van der Waals surface area contributed by atoms with Gasteiger partial charge in [0.1, 0.15) is 5.82 Å². The van der Waals surface area contributed by atoms with Crippen LogP contribution >= 0.6 is 11.6 Å². The molecule has 2 aliphatic rings. The summed E-state index contributed by atoms with van der Waals surface area (Å²) in [5.41, 5.74) is 0.946. The zero-order valence-corrected chi connectivity index (χ0v) is 19.7. The predicted molar refractivity (Wildman–Crippen MR) is 128 cm³/mol. The summed E-state index contributed by atoms with van der Waals surface area (Å²) in [6, 6.07) is 11.8. The van der Waals surface area contributed by atoms with Crippen LogP contribution in [0.3, 0.4) is 0 Å². The van der Waals surface area contributed by atoms with E-state index in [4.69, 9.17) is 11.6 Å². The molecule has 2 fully saturated rings. The lowest BCUT2D eigenvalue weighted by Crippen LogP contribution is -2.55. The van der Waals surface area contributed by atoms with Gasteiger partial charge in [-0.15, -0.1) is 0 Å². The lowest BCUT2D eigenvalue weighted by atomic mass is 9.88. The number of carbonyl (C=O) groups excluding carboxylic acids is 3. The number of benzene rings is 2. The van der Waals surface area contributed by atoms with Gasteiger partial charge in [0.05, 0.1) is 5.92 Å². The molecule has 4 rings (SSSR count). The van der Waals surface area contributed by atoms with E-state index in [0.29, 0.717) is 29.2 Å². The summed E-state index contributed by atoms with van der Waals surface area (Å²) < 4.78 is 13.2. The van der Waals surface area contributed by atoms with Crippen molar-refractivity contribution >= 4 is 29.3 Å². The van der Waals surface area contributed by atoms with Crippen LogP contribution in [0.5, 0.6) is 0 Å². The van der Waals surface area contributed by atoms with E-state index < -0.39 is 5.82 Å². The third-order valence-electron chi connectivity index (χ3n) is 6.69. The smallest absolute Gasteiger partial charge is 0.253 e. The minimum absolute atomic E-state index is 0.0819. The first-order valence-corrected chi connectivity index (χ1v) is 12.2. The van der Waals surface area contributed by atoms with Gasteiger partial charge in [0, 0.05) is 41.3 Å². The number of likely N-dealkylation sites (tertiary alicyclic amines) is 1. The molecule has 0 aromatic heterocycles. The van der Waals surface area contributed by atoms with E-state index in [2.05, 4.69) is 10.6 Å². The first kappa shape index (κ1) is 24.2. The second kappa shape index (κ2) is 11.0. The SMILES string of the molecule is O=C(N[C@@H]1CCCC[C@H]1NC(=O)C1CCCN(C(=O)c2ccc(Cl)cc2)C1)c1ccc(F)cc1. The molecule has 1 unspecified atom stereocenters. The topological polar surface area (TPSA) is 78.5 Å². The molecule has 2 aromatic carbocycles. The van der Waals surface area contributed by atoms with Gasteiger partial charge in [0.2, 0.25) is 5.91 Å². The number of hydrogen-bond donors (Lipinski definition) is 2. The zero-order valence-electron chi connectivity index (χ0n) is 18.9. The van der Waals surface area contributed by atoms with Crippen LogP contribution in [0.2, 0.25) is 5.02 Å². The second-order valence-corrected chi connectivity index (χ2v) is 9.52. The van der Waals surface area contributed by atoms with Crippen molar-refractivity contribution in [1.82, 2.24) is 15.5 Å². The highest BCUT2D eigenvalue weighted by Crippen LogP contribution is 2.23. The van der Waals surface area contributed by atoms with Gasteiger partial charge < -0.3 is 15.5 Å². The Bertz CT molecular complexity index is 1030. The number of nitrogens with zero attached hydrogens (tertiary/aromatic N) is 1. The van der Waals surface area contributed by atoms with Crippen molar-refractivity contribution in [3.05, 3.63) is 70.5 Å². The minimum atomic E-state index is -0.393. The van der Waals surface area contributed by atoms with Crippen LogP contribution in [-0.2, 0) is 4.79 Å². The summed E-state index contributed by atoms with van der Waals surface area (Å²) >= 11 is 5.92. The summed E-state index contributed by atoms with van der Waals surface area (Å²) in [6.07, 6.45) is 4.96. The van der Waals surface area contributed by atoms with Crippen molar-refractivity contribution in [2.45, 2.75) is 50.6 Å². The first-order chi connectivity index (χ1) is 16.4. The van der Waals surface area contributed by atoms with Crippen LogP contribution in [0, 0.1) is 11.7 Å². The summed E-state index contributed by atoms with van der Waals surface area (Å²) in [4.78, 5) is 40.4. The van der Waals surface area contributed by atoms with Gasteiger partial charge in [0.15, 0.2) is 0 Å². The second-order valence-electron chi connectivity index (χ2n) is 9.08. The van der Waals surface area contributed by atoms with Crippen molar-refractivity contribution in [1.29, 1.82) is 0 Å². The number of halogens is 2. The largest absolute Gasteiger partial charge is 0.351 e. The highest BCUT2D eigenvalue weighted by molar-refractivity contribution is 6.30. The molecule has 2 N–H and O–H groups in total. The lowest BCUT2D eigenvalue weighted by Gasteiger charge is -2.36. The third kappa shape index (κ3) is 5.95. The summed E-state index contributed by atoms with van der Waals surface area (Å²) in [6.45, 7) is 0.984. The fourth-order valence-corrected chi connectivity index (χ4v) is 4.91. The maximum absolute atomic E-state index is 13.2. The molecular formula is C26H29ClFN3O3. The number of hydrogen-bond acceptors (Lipinski definition) is 3. The Morgan fingerprint density at radius 2 is 1.44 bits per heavy atom. The van der Waals surface area contributed by atoms with Gasteiger partial charge in [-0.2, -0.15) is 0 Å². The Kier molecular flexibility index (Phi) is 7.83. The molecule has 0 spiro atoms. The van der Waals surface area contributed by atoms with E-state index in [1.54, 1.807) is 29.2 Å². The highest BCUT2D eigenvalue weighted by atomic mass is 35.5. The molecule has 0 radical (unpaired) electrons. The Morgan fingerprint density at radius 1 is 0.824 bits per heavy atom. The van der Waals surface area contributed by atoms with Crippen molar-refractivity contribution in [2.24, 2.45) is 5.92 Å². The van der Waals surface area contributed by atoms with Crippen molar-refractivity contribution in [3.8, 4) is 0 Å². The van der Waals surface area contributed by atoms with Crippen molar-refractivity contribution < 1.29 is 18.8 Å². The monoisotopic (exact) mass is 485 g/mol. The average molecular weight is 486 g/mol. The highest BCUT2D eigenvalue weighted by Gasteiger charge is 2.33. The van der Waals surface area contributed by atoms with E-state index >= 15 is 0 Å². The number of rotatable bonds is 5. The third-order valence-corrected chi connectivity index (χ3v) is 6.94. The molecule has 180 valence electrons. The van der Waals surface area contributed by atoms with Crippen molar-refractivity contribution in [2.75, 3.05) is 13.1 Å². The molecule has 1 saturated heterocycles. The van der Waals surface area contributed by atoms with Gasteiger partial charge in [-0.1, -0.05) is 24.4 Å². The van der Waals surface area contributed by atoms with E-state index in [-0.39, 0.29) is 35.7 Å². The molecular weight excluding hydrogens is 457 g/mol. The molecule has 2 aromatic rings. The molecule has 1 saturated carbocycles. The molecule has 8 heteroatoms. The Morgan fingerprint density at radius 3 is 2.12 bits per heavy atom. The molecule has 0 bridgehead atoms. The normalized spacial score (nSPS) is 22.6. The Hall–Kier alpha value is -2.93. The maximum atomic E-state index is 13.2. The summed E-state index contributed by atoms with van der Waals surface area (Å²) in [5, 5.41) is 6.73. The van der Waals surface area contributed by atoms with Crippen LogP contribution < -0.4 is 10.6 Å². The van der Waals surface area contributed by atoms with Crippen molar-refractivity contribution in [3.63, 3.8) is 0 Å².